The molecule has 3 heterocycles. The molecule has 0 N–H and O–H groups in total. The highest BCUT2D eigenvalue weighted by Gasteiger charge is 2.32. The quantitative estimate of drug-likeness (QED) is 0.737. The summed E-state index contributed by atoms with van der Waals surface area (Å²) < 4.78 is 0. The Morgan fingerprint density at radius 2 is 1.83 bits per heavy atom. The molecule has 1 unspecified atom stereocenters. The van der Waals surface area contributed by atoms with Gasteiger partial charge in [0, 0.05) is 42.5 Å². The molecule has 2 amide bonds. The van der Waals surface area contributed by atoms with Crippen LogP contribution in [0.1, 0.15) is 48.7 Å². The number of carbonyl (C=O) groups is 2. The number of hydrogen-bond donors (Lipinski definition) is 0. The fourth-order valence-electron chi connectivity index (χ4n) is 4.61. The summed E-state index contributed by atoms with van der Waals surface area (Å²) in [6.45, 7) is 7.08. The van der Waals surface area contributed by atoms with Gasteiger partial charge in [-0.25, -0.2) is 0 Å². The minimum Gasteiger partial charge on any atom is -0.342 e. The van der Waals surface area contributed by atoms with Gasteiger partial charge in [0.2, 0.25) is 5.91 Å². The molecular formula is C23H28ClN3O2. The molecule has 29 heavy (non-hydrogen) atoms. The van der Waals surface area contributed by atoms with E-state index in [0.29, 0.717) is 29.6 Å². The van der Waals surface area contributed by atoms with E-state index in [-0.39, 0.29) is 17.7 Å². The molecule has 0 bridgehead atoms. The summed E-state index contributed by atoms with van der Waals surface area (Å²) in [5, 5.41) is 1.50. The number of carbonyl (C=O) groups excluding carboxylic acids is 2. The van der Waals surface area contributed by atoms with Crippen molar-refractivity contribution >= 4 is 34.3 Å². The minimum atomic E-state index is -0.00521. The molecule has 0 aliphatic carbocycles. The molecule has 1 atom stereocenters. The number of hydrogen-bond acceptors (Lipinski definition) is 3. The maximum Gasteiger partial charge on any atom is 0.255 e. The monoisotopic (exact) mass is 413 g/mol. The number of likely N-dealkylation sites (tertiary alicyclic amines) is 2. The molecule has 1 aromatic carbocycles. The molecular weight excluding hydrogens is 386 g/mol. The second-order valence-corrected chi connectivity index (χ2v) is 8.99. The second-order valence-electron chi connectivity index (χ2n) is 8.56. The molecule has 5 nitrogen and oxygen atoms in total. The number of fused-ring (bicyclic) bond motifs is 1. The summed E-state index contributed by atoms with van der Waals surface area (Å²) in [6.07, 6.45) is 3.78. The smallest absolute Gasteiger partial charge is 0.255 e. The van der Waals surface area contributed by atoms with E-state index >= 15 is 0 Å². The van der Waals surface area contributed by atoms with Crippen LogP contribution in [0.4, 0.5) is 0 Å². The second kappa shape index (κ2) is 8.31. The van der Waals surface area contributed by atoms with Gasteiger partial charge in [-0.1, -0.05) is 18.5 Å². The van der Waals surface area contributed by atoms with E-state index in [1.54, 1.807) is 0 Å². The molecule has 2 saturated heterocycles. The third-order valence-corrected chi connectivity index (χ3v) is 6.53. The van der Waals surface area contributed by atoms with E-state index in [1.165, 1.54) is 6.42 Å². The minimum absolute atomic E-state index is 0.00521. The topological polar surface area (TPSA) is 53.5 Å². The summed E-state index contributed by atoms with van der Waals surface area (Å²) in [6, 6.07) is 7.41. The highest BCUT2D eigenvalue weighted by atomic mass is 35.5. The lowest BCUT2D eigenvalue weighted by molar-refractivity contribution is -0.138. The lowest BCUT2D eigenvalue weighted by Crippen LogP contribution is -2.47. The number of benzene rings is 1. The number of pyridine rings is 1. The van der Waals surface area contributed by atoms with Crippen LogP contribution in [-0.4, -0.2) is 52.8 Å². The molecule has 0 spiro atoms. The van der Waals surface area contributed by atoms with Gasteiger partial charge in [0.25, 0.3) is 5.91 Å². The lowest BCUT2D eigenvalue weighted by atomic mass is 9.92. The number of halogens is 1. The Morgan fingerprint density at radius 3 is 2.55 bits per heavy atom. The summed E-state index contributed by atoms with van der Waals surface area (Å²) >= 11 is 6.10. The molecule has 2 fully saturated rings. The molecule has 6 heteroatoms. The van der Waals surface area contributed by atoms with Crippen molar-refractivity contribution in [2.24, 2.45) is 11.8 Å². The summed E-state index contributed by atoms with van der Waals surface area (Å²) in [5.74, 6) is 0.904. The van der Waals surface area contributed by atoms with Crippen LogP contribution in [0.3, 0.4) is 0 Å². The third-order valence-electron chi connectivity index (χ3n) is 6.30. The van der Waals surface area contributed by atoms with Crippen LogP contribution in [0.15, 0.2) is 24.3 Å². The Hall–Kier alpha value is -2.14. The fourth-order valence-corrected chi connectivity index (χ4v) is 4.79. The van der Waals surface area contributed by atoms with Crippen molar-refractivity contribution in [2.45, 2.75) is 39.5 Å². The van der Waals surface area contributed by atoms with Crippen molar-refractivity contribution in [3.8, 4) is 0 Å². The van der Waals surface area contributed by atoms with E-state index in [9.17, 15) is 9.59 Å². The van der Waals surface area contributed by atoms with E-state index in [2.05, 4.69) is 11.9 Å². The Kier molecular flexibility index (Phi) is 5.77. The van der Waals surface area contributed by atoms with Crippen LogP contribution < -0.4 is 0 Å². The highest BCUT2D eigenvalue weighted by molar-refractivity contribution is 6.31. The van der Waals surface area contributed by atoms with Gasteiger partial charge < -0.3 is 9.80 Å². The number of rotatable bonds is 2. The van der Waals surface area contributed by atoms with Crippen LogP contribution in [-0.2, 0) is 4.79 Å². The number of amides is 2. The van der Waals surface area contributed by atoms with Crippen molar-refractivity contribution in [1.82, 2.24) is 14.8 Å². The highest BCUT2D eigenvalue weighted by Crippen LogP contribution is 2.26. The SMILES string of the molecule is Cc1nc2ccc(Cl)cc2cc1C(=O)N1CCC(C(=O)N2CCCC(C)C2)CC1. The summed E-state index contributed by atoms with van der Waals surface area (Å²) in [7, 11) is 0. The first-order valence-electron chi connectivity index (χ1n) is 10.6. The van der Waals surface area contributed by atoms with Crippen LogP contribution in [0.25, 0.3) is 10.9 Å². The molecule has 0 saturated carbocycles. The van der Waals surface area contributed by atoms with Gasteiger partial charge in [0.1, 0.15) is 0 Å². The van der Waals surface area contributed by atoms with E-state index in [0.717, 1.165) is 48.9 Å². The first kappa shape index (κ1) is 20.1. The molecule has 4 rings (SSSR count). The van der Waals surface area contributed by atoms with Gasteiger partial charge in [-0.2, -0.15) is 0 Å². The first-order valence-corrected chi connectivity index (χ1v) is 10.9. The van der Waals surface area contributed by atoms with Gasteiger partial charge in [-0.05, 0) is 62.8 Å². The predicted octanol–water partition coefficient (Wildman–Crippen LogP) is 4.31. The van der Waals surface area contributed by atoms with Crippen LogP contribution in [0, 0.1) is 18.8 Å². The average Bonchev–Trinajstić information content (AvgIpc) is 2.72. The molecule has 1 aromatic heterocycles. The molecule has 0 radical (unpaired) electrons. The van der Waals surface area contributed by atoms with Crippen molar-refractivity contribution in [1.29, 1.82) is 0 Å². The van der Waals surface area contributed by atoms with Gasteiger partial charge in [-0.15, -0.1) is 0 Å². The molecule has 2 aliphatic heterocycles. The maximum atomic E-state index is 13.1. The van der Waals surface area contributed by atoms with E-state index in [4.69, 9.17) is 11.6 Å². The fraction of sp³-hybridized carbons (Fsp3) is 0.522. The zero-order chi connectivity index (χ0) is 20.5. The van der Waals surface area contributed by atoms with Gasteiger partial charge in [0.15, 0.2) is 0 Å². The standard InChI is InChI=1S/C23H28ClN3O2/c1-15-4-3-9-27(14-15)22(28)17-7-10-26(11-8-17)23(29)20-13-18-12-19(24)5-6-21(18)25-16(20)2/h5-6,12-13,15,17H,3-4,7-11,14H2,1-2H3. The molecule has 2 aliphatic rings. The van der Waals surface area contributed by atoms with Crippen LogP contribution >= 0.6 is 11.6 Å². The largest absolute Gasteiger partial charge is 0.342 e. The third kappa shape index (κ3) is 4.25. The number of piperidine rings is 2. The van der Waals surface area contributed by atoms with Crippen molar-refractivity contribution in [2.75, 3.05) is 26.2 Å². The number of nitrogens with zero attached hydrogens (tertiary/aromatic N) is 3. The van der Waals surface area contributed by atoms with Gasteiger partial charge in [-0.3, -0.25) is 14.6 Å². The Bertz CT molecular complexity index is 937. The lowest BCUT2D eigenvalue weighted by Gasteiger charge is -2.37. The van der Waals surface area contributed by atoms with Crippen molar-refractivity contribution in [3.63, 3.8) is 0 Å². The Balaban J connectivity index is 1.43. The predicted molar refractivity (Wildman–Crippen MR) is 115 cm³/mol. The Morgan fingerprint density at radius 1 is 1.07 bits per heavy atom. The zero-order valence-electron chi connectivity index (χ0n) is 17.2. The van der Waals surface area contributed by atoms with E-state index in [1.807, 2.05) is 41.0 Å². The van der Waals surface area contributed by atoms with Crippen LogP contribution in [0.5, 0.6) is 0 Å². The number of aromatic nitrogens is 1. The maximum absolute atomic E-state index is 13.1. The van der Waals surface area contributed by atoms with Crippen LogP contribution in [0.2, 0.25) is 5.02 Å². The first-order chi connectivity index (χ1) is 13.9. The number of aryl methyl sites for hydroxylation is 1. The molecule has 154 valence electrons. The normalized spacial score (nSPS) is 20.9. The van der Waals surface area contributed by atoms with Gasteiger partial charge >= 0.3 is 0 Å². The van der Waals surface area contributed by atoms with E-state index < -0.39 is 0 Å². The summed E-state index contributed by atoms with van der Waals surface area (Å²) in [4.78, 5) is 34.5. The van der Waals surface area contributed by atoms with Crippen molar-refractivity contribution in [3.05, 3.63) is 40.5 Å². The summed E-state index contributed by atoms with van der Waals surface area (Å²) in [5.41, 5.74) is 2.18. The zero-order valence-corrected chi connectivity index (χ0v) is 17.9. The Labute approximate surface area is 177 Å². The molecule has 2 aromatic rings. The average molecular weight is 414 g/mol. The van der Waals surface area contributed by atoms with Crippen molar-refractivity contribution < 1.29 is 9.59 Å². The van der Waals surface area contributed by atoms with Gasteiger partial charge in [0.05, 0.1) is 16.8 Å².